The highest BCUT2D eigenvalue weighted by molar-refractivity contribution is 9.10. The molecular weight excluding hydrogens is 456 g/mol. The number of hydrogen-bond donors (Lipinski definition) is 2. The Hall–Kier alpha value is -2.45. The number of thioether (sulfide) groups is 1. The summed E-state index contributed by atoms with van der Waals surface area (Å²) in [6, 6.07) is 13.6. The second-order valence-corrected chi connectivity index (χ2v) is 8.23. The molecule has 6 nitrogen and oxygen atoms in total. The number of carbonyl (C=O) groups excluding carboxylic acids is 2. The molecule has 3 rings (SSSR count). The number of ether oxygens (including phenoxy) is 2. The Morgan fingerprint density at radius 3 is 2.69 bits per heavy atom. The maximum atomic E-state index is 12.3. The lowest BCUT2D eigenvalue weighted by Gasteiger charge is -2.12. The van der Waals surface area contributed by atoms with Gasteiger partial charge in [-0.25, -0.2) is 4.79 Å². The van der Waals surface area contributed by atoms with Crippen molar-refractivity contribution in [1.29, 1.82) is 0 Å². The number of aryl methyl sites for hydroxylation is 1. The molecule has 0 aromatic heterocycles. The average Bonchev–Trinajstić information content (AvgIpc) is 3.06. The average molecular weight is 477 g/mol. The van der Waals surface area contributed by atoms with E-state index in [2.05, 4.69) is 50.4 Å². The van der Waals surface area contributed by atoms with E-state index >= 15 is 0 Å². The second kappa shape index (κ2) is 9.84. The van der Waals surface area contributed by atoms with Crippen LogP contribution in [0.4, 0.5) is 5.69 Å². The minimum Gasteiger partial charge on any atom is -0.481 e. The number of nitrogens with one attached hydrogen (secondary N) is 2. The van der Waals surface area contributed by atoms with Crippen LogP contribution in [0.5, 0.6) is 5.75 Å². The largest absolute Gasteiger partial charge is 0.481 e. The van der Waals surface area contributed by atoms with Gasteiger partial charge in [-0.2, -0.15) is 0 Å². The normalized spacial score (nSPS) is 17.1. The molecule has 2 N–H and O–H groups in total. The SMILES string of the molecule is CCc1ccc(N[C@H]2NC(=O)/C(=C/c3ccc(OCC(=O)OC)c(Br)c3)S2)cc1. The van der Waals surface area contributed by atoms with Crippen molar-refractivity contribution in [1.82, 2.24) is 5.32 Å². The van der Waals surface area contributed by atoms with Crippen LogP contribution in [0.2, 0.25) is 0 Å². The van der Waals surface area contributed by atoms with E-state index in [1.54, 1.807) is 6.07 Å². The van der Waals surface area contributed by atoms with Crippen LogP contribution in [0.1, 0.15) is 18.1 Å². The Balaban J connectivity index is 1.64. The van der Waals surface area contributed by atoms with Gasteiger partial charge in [0.1, 0.15) is 5.75 Å². The number of benzene rings is 2. The highest BCUT2D eigenvalue weighted by atomic mass is 79.9. The van der Waals surface area contributed by atoms with Gasteiger partial charge >= 0.3 is 5.97 Å². The molecule has 0 bridgehead atoms. The molecule has 1 amide bonds. The van der Waals surface area contributed by atoms with Crippen molar-refractivity contribution in [2.45, 2.75) is 18.8 Å². The van der Waals surface area contributed by atoms with Crippen molar-refractivity contribution in [3.8, 4) is 5.75 Å². The number of anilines is 1. The van der Waals surface area contributed by atoms with Gasteiger partial charge < -0.3 is 20.1 Å². The molecule has 0 unspecified atom stereocenters. The fourth-order valence-electron chi connectivity index (χ4n) is 2.62. The first-order valence-electron chi connectivity index (χ1n) is 9.02. The fraction of sp³-hybridized carbons (Fsp3) is 0.238. The second-order valence-electron chi connectivity index (χ2n) is 6.23. The molecular formula is C21H21BrN2O4S. The van der Waals surface area contributed by atoms with E-state index in [9.17, 15) is 9.59 Å². The number of carbonyl (C=O) groups is 2. The first-order chi connectivity index (χ1) is 14.0. The van der Waals surface area contributed by atoms with E-state index in [-0.39, 0.29) is 18.0 Å². The Kier molecular flexibility index (Phi) is 7.22. The highest BCUT2D eigenvalue weighted by Gasteiger charge is 2.27. The first kappa shape index (κ1) is 21.3. The predicted octanol–water partition coefficient (Wildman–Crippen LogP) is 4.16. The van der Waals surface area contributed by atoms with Gasteiger partial charge in [-0.15, -0.1) is 0 Å². The van der Waals surface area contributed by atoms with Gasteiger partial charge in [-0.1, -0.05) is 36.9 Å². The van der Waals surface area contributed by atoms with Crippen LogP contribution in [0.3, 0.4) is 0 Å². The summed E-state index contributed by atoms with van der Waals surface area (Å²) in [6.45, 7) is 1.95. The van der Waals surface area contributed by atoms with Gasteiger partial charge in [0.25, 0.3) is 5.91 Å². The van der Waals surface area contributed by atoms with Crippen LogP contribution in [0.25, 0.3) is 6.08 Å². The quantitative estimate of drug-likeness (QED) is 0.461. The molecule has 2 aromatic carbocycles. The van der Waals surface area contributed by atoms with Crippen LogP contribution < -0.4 is 15.4 Å². The van der Waals surface area contributed by atoms with E-state index in [0.717, 1.165) is 17.7 Å². The number of rotatable bonds is 7. The Bertz CT molecular complexity index is 931. The number of methoxy groups -OCH3 is 1. The molecule has 1 heterocycles. The minimum atomic E-state index is -0.454. The first-order valence-corrected chi connectivity index (χ1v) is 10.7. The molecule has 1 aliphatic heterocycles. The lowest BCUT2D eigenvalue weighted by Crippen LogP contribution is -2.30. The molecule has 0 aliphatic carbocycles. The molecule has 1 aliphatic rings. The summed E-state index contributed by atoms with van der Waals surface area (Å²) in [5.74, 6) is -0.0547. The highest BCUT2D eigenvalue weighted by Crippen LogP contribution is 2.32. The van der Waals surface area contributed by atoms with Crippen molar-refractivity contribution in [3.05, 3.63) is 63.0 Å². The number of amides is 1. The maximum Gasteiger partial charge on any atom is 0.343 e. The Morgan fingerprint density at radius 1 is 1.28 bits per heavy atom. The maximum absolute atomic E-state index is 12.3. The summed E-state index contributed by atoms with van der Waals surface area (Å²) in [6.07, 6.45) is 2.81. The zero-order valence-corrected chi connectivity index (χ0v) is 18.4. The van der Waals surface area contributed by atoms with Crippen molar-refractivity contribution in [3.63, 3.8) is 0 Å². The topological polar surface area (TPSA) is 76.7 Å². The number of esters is 1. The smallest absolute Gasteiger partial charge is 0.343 e. The standard InChI is InChI=1S/C21H21BrN2O4S/c1-3-13-4-7-15(8-5-13)23-21-24-20(26)18(29-21)11-14-6-9-17(16(22)10-14)28-12-19(25)27-2/h4-11,21,23H,3,12H2,1-2H3,(H,24,26)/b18-11-/t21-/m0/s1. The van der Waals surface area contributed by atoms with E-state index < -0.39 is 5.97 Å². The molecule has 0 radical (unpaired) electrons. The van der Waals surface area contributed by atoms with Crippen LogP contribution in [0, 0.1) is 0 Å². The molecule has 152 valence electrons. The van der Waals surface area contributed by atoms with Gasteiger partial charge in [0, 0.05) is 5.69 Å². The zero-order chi connectivity index (χ0) is 20.8. The fourth-order valence-corrected chi connectivity index (χ4v) is 4.12. The summed E-state index contributed by atoms with van der Waals surface area (Å²) < 4.78 is 10.6. The Labute approximate surface area is 182 Å². The van der Waals surface area contributed by atoms with Crippen molar-refractivity contribution in [2.75, 3.05) is 19.0 Å². The molecule has 1 atom stereocenters. The third-order valence-corrected chi connectivity index (χ3v) is 5.87. The van der Waals surface area contributed by atoms with Gasteiger partial charge in [-0.05, 0) is 63.8 Å². The van der Waals surface area contributed by atoms with Crippen molar-refractivity contribution >= 4 is 51.3 Å². The molecule has 1 saturated heterocycles. The van der Waals surface area contributed by atoms with Crippen LogP contribution >= 0.6 is 27.7 Å². The third-order valence-electron chi connectivity index (χ3n) is 4.22. The zero-order valence-electron chi connectivity index (χ0n) is 16.0. The molecule has 1 fully saturated rings. The molecule has 0 saturated carbocycles. The van der Waals surface area contributed by atoms with Gasteiger partial charge in [0.2, 0.25) is 0 Å². The summed E-state index contributed by atoms with van der Waals surface area (Å²) in [7, 11) is 1.31. The van der Waals surface area contributed by atoms with Gasteiger partial charge in [0.05, 0.1) is 16.5 Å². The summed E-state index contributed by atoms with van der Waals surface area (Å²) in [5.41, 5.74) is 2.83. The van der Waals surface area contributed by atoms with Crippen LogP contribution in [0.15, 0.2) is 51.8 Å². The van der Waals surface area contributed by atoms with E-state index in [4.69, 9.17) is 4.74 Å². The molecule has 8 heteroatoms. The number of halogens is 1. The van der Waals surface area contributed by atoms with Crippen molar-refractivity contribution in [2.24, 2.45) is 0 Å². The van der Waals surface area contributed by atoms with Crippen molar-refractivity contribution < 1.29 is 19.1 Å². The van der Waals surface area contributed by atoms with Gasteiger partial charge in [0.15, 0.2) is 12.1 Å². The van der Waals surface area contributed by atoms with Gasteiger partial charge in [-0.3, -0.25) is 4.79 Å². The van der Waals surface area contributed by atoms with E-state index in [1.165, 1.54) is 24.4 Å². The van der Waals surface area contributed by atoms with Crippen LogP contribution in [-0.2, 0) is 20.7 Å². The van der Waals surface area contributed by atoms with E-state index in [0.29, 0.717) is 15.1 Å². The lowest BCUT2D eigenvalue weighted by molar-refractivity contribution is -0.142. The summed E-state index contributed by atoms with van der Waals surface area (Å²) >= 11 is 4.85. The number of hydrogen-bond acceptors (Lipinski definition) is 6. The van der Waals surface area contributed by atoms with Crippen LogP contribution in [-0.4, -0.2) is 31.1 Å². The minimum absolute atomic E-state index is 0.125. The molecule has 2 aromatic rings. The predicted molar refractivity (Wildman–Crippen MR) is 119 cm³/mol. The summed E-state index contributed by atoms with van der Waals surface area (Å²) in [5, 5.41) is 6.23. The molecule has 0 spiro atoms. The third kappa shape index (κ3) is 5.77. The lowest BCUT2D eigenvalue weighted by atomic mass is 10.1. The Morgan fingerprint density at radius 2 is 2.03 bits per heavy atom. The molecule has 29 heavy (non-hydrogen) atoms. The van der Waals surface area contributed by atoms with E-state index in [1.807, 2.05) is 30.3 Å². The summed E-state index contributed by atoms with van der Waals surface area (Å²) in [4.78, 5) is 24.1. The monoisotopic (exact) mass is 476 g/mol.